The molecule has 2 nitrogen and oxygen atoms in total. The molecule has 1 rings (SSSR count). The molecule has 0 radical (unpaired) electrons. The molecule has 0 amide bonds. The molecular weight excluding hydrogens is 214 g/mol. The van der Waals surface area contributed by atoms with Gasteiger partial charge in [0, 0.05) is 39.8 Å². The van der Waals surface area contributed by atoms with Crippen molar-refractivity contribution in [3.63, 3.8) is 0 Å². The van der Waals surface area contributed by atoms with Gasteiger partial charge in [0.2, 0.25) is 0 Å². The summed E-state index contributed by atoms with van der Waals surface area (Å²) in [6.45, 7) is 4.95. The van der Waals surface area contributed by atoms with Crippen LogP contribution >= 0.6 is 11.3 Å². The molecule has 1 heterocycles. The second-order valence-corrected chi connectivity index (χ2v) is 6.24. The molecule has 0 aromatic carbocycles. The second-order valence-electron chi connectivity index (χ2n) is 3.45. The third kappa shape index (κ3) is 3.52. The Kier molecular flexibility index (Phi) is 4.78. The van der Waals surface area contributed by atoms with Crippen LogP contribution in [0.2, 0.25) is 0 Å². The van der Waals surface area contributed by atoms with E-state index in [1.165, 1.54) is 4.88 Å². The van der Waals surface area contributed by atoms with Crippen LogP contribution in [0.5, 0.6) is 0 Å². The number of hydrogen-bond acceptors (Lipinski definition) is 3. The maximum absolute atomic E-state index is 11.1. The van der Waals surface area contributed by atoms with Crippen LogP contribution in [0.3, 0.4) is 0 Å². The third-order valence-electron chi connectivity index (χ3n) is 2.25. The van der Waals surface area contributed by atoms with Crippen LogP contribution in [0.15, 0.2) is 17.5 Å². The minimum Gasteiger partial charge on any atom is -0.308 e. The first kappa shape index (κ1) is 11.9. The lowest BCUT2D eigenvalue weighted by atomic mass is 10.2. The van der Waals surface area contributed by atoms with E-state index < -0.39 is 10.8 Å². The average molecular weight is 231 g/mol. The van der Waals surface area contributed by atoms with Crippen molar-refractivity contribution in [2.75, 3.05) is 12.8 Å². The Morgan fingerprint density at radius 3 is 2.79 bits per heavy atom. The predicted molar refractivity (Wildman–Crippen MR) is 64.3 cm³/mol. The normalized spacial score (nSPS) is 17.6. The fraction of sp³-hybridized carbons (Fsp3) is 0.600. The van der Waals surface area contributed by atoms with Crippen molar-refractivity contribution < 1.29 is 4.21 Å². The van der Waals surface area contributed by atoms with Crippen LogP contribution in [0.25, 0.3) is 0 Å². The molecule has 0 aliphatic carbocycles. The van der Waals surface area contributed by atoms with E-state index in [-0.39, 0.29) is 5.25 Å². The van der Waals surface area contributed by atoms with E-state index in [1.54, 1.807) is 17.6 Å². The van der Waals surface area contributed by atoms with Gasteiger partial charge in [-0.3, -0.25) is 4.21 Å². The Morgan fingerprint density at radius 2 is 2.29 bits per heavy atom. The van der Waals surface area contributed by atoms with Crippen molar-refractivity contribution >= 4 is 22.1 Å². The molecule has 0 aliphatic rings. The molecule has 3 atom stereocenters. The zero-order chi connectivity index (χ0) is 10.6. The molecule has 14 heavy (non-hydrogen) atoms. The van der Waals surface area contributed by atoms with Gasteiger partial charge in [0.1, 0.15) is 0 Å². The van der Waals surface area contributed by atoms with Gasteiger partial charge in [-0.1, -0.05) is 6.07 Å². The molecule has 0 aliphatic heterocycles. The summed E-state index contributed by atoms with van der Waals surface area (Å²) in [4.78, 5) is 1.33. The Labute approximate surface area is 92.2 Å². The number of hydrogen-bond donors (Lipinski definition) is 1. The highest BCUT2D eigenvalue weighted by molar-refractivity contribution is 7.84. The molecule has 1 aromatic heterocycles. The summed E-state index contributed by atoms with van der Waals surface area (Å²) in [6.07, 6.45) is 1.75. The highest BCUT2D eigenvalue weighted by atomic mass is 32.2. The molecule has 80 valence electrons. The molecule has 1 aromatic rings. The van der Waals surface area contributed by atoms with Crippen LogP contribution in [-0.2, 0) is 10.8 Å². The monoisotopic (exact) mass is 231 g/mol. The first-order valence-corrected chi connectivity index (χ1v) is 7.20. The lowest BCUT2D eigenvalue weighted by Gasteiger charge is -2.15. The van der Waals surface area contributed by atoms with Gasteiger partial charge in [-0.2, -0.15) is 0 Å². The Bertz CT molecular complexity index is 284. The molecule has 4 heteroatoms. The fourth-order valence-corrected chi connectivity index (χ4v) is 2.19. The molecular formula is C10H17NOS2. The van der Waals surface area contributed by atoms with Gasteiger partial charge < -0.3 is 5.32 Å². The largest absolute Gasteiger partial charge is 0.308 e. The number of rotatable bonds is 5. The Balaban J connectivity index is 2.35. The highest BCUT2D eigenvalue weighted by Crippen LogP contribution is 2.17. The van der Waals surface area contributed by atoms with Gasteiger partial charge in [-0.15, -0.1) is 11.3 Å². The number of nitrogens with one attached hydrogen (secondary N) is 1. The summed E-state index contributed by atoms with van der Waals surface area (Å²) < 4.78 is 11.1. The van der Waals surface area contributed by atoms with Gasteiger partial charge in [0.25, 0.3) is 0 Å². The van der Waals surface area contributed by atoms with Gasteiger partial charge >= 0.3 is 0 Å². The minimum absolute atomic E-state index is 0.220. The lowest BCUT2D eigenvalue weighted by Crippen LogP contribution is -2.29. The SMILES string of the molecule is CC(NCC(C)S(C)=O)c1cccs1. The smallest absolute Gasteiger partial charge is 0.0441 e. The van der Waals surface area contributed by atoms with Crippen molar-refractivity contribution in [2.45, 2.75) is 25.1 Å². The van der Waals surface area contributed by atoms with Crippen molar-refractivity contribution in [1.29, 1.82) is 0 Å². The van der Waals surface area contributed by atoms with Crippen LogP contribution in [0.1, 0.15) is 24.8 Å². The van der Waals surface area contributed by atoms with E-state index in [9.17, 15) is 4.21 Å². The van der Waals surface area contributed by atoms with E-state index in [0.29, 0.717) is 6.04 Å². The van der Waals surface area contributed by atoms with E-state index >= 15 is 0 Å². The Hall–Kier alpha value is -0.190. The van der Waals surface area contributed by atoms with Gasteiger partial charge in [0.05, 0.1) is 0 Å². The van der Waals surface area contributed by atoms with E-state index in [4.69, 9.17) is 0 Å². The maximum Gasteiger partial charge on any atom is 0.0441 e. The Morgan fingerprint density at radius 1 is 1.57 bits per heavy atom. The van der Waals surface area contributed by atoms with Gasteiger partial charge in [-0.25, -0.2) is 0 Å². The molecule has 3 unspecified atom stereocenters. The molecule has 0 saturated carbocycles. The highest BCUT2D eigenvalue weighted by Gasteiger charge is 2.09. The zero-order valence-corrected chi connectivity index (χ0v) is 10.5. The lowest BCUT2D eigenvalue weighted by molar-refractivity contribution is 0.576. The van der Waals surface area contributed by atoms with Crippen LogP contribution < -0.4 is 5.32 Å². The number of thiophene rings is 1. The van der Waals surface area contributed by atoms with Crippen LogP contribution in [0, 0.1) is 0 Å². The summed E-state index contributed by atoms with van der Waals surface area (Å²) in [5, 5.41) is 5.68. The van der Waals surface area contributed by atoms with E-state index in [1.807, 2.05) is 6.92 Å². The topological polar surface area (TPSA) is 29.1 Å². The van der Waals surface area contributed by atoms with Crippen LogP contribution in [-0.4, -0.2) is 22.3 Å². The third-order valence-corrected chi connectivity index (χ3v) is 4.60. The molecule has 0 spiro atoms. The summed E-state index contributed by atoms with van der Waals surface area (Å²) >= 11 is 1.75. The maximum atomic E-state index is 11.1. The van der Waals surface area contributed by atoms with Crippen molar-refractivity contribution in [3.05, 3.63) is 22.4 Å². The molecule has 0 fully saturated rings. The van der Waals surface area contributed by atoms with Crippen molar-refractivity contribution in [2.24, 2.45) is 0 Å². The van der Waals surface area contributed by atoms with Crippen LogP contribution in [0.4, 0.5) is 0 Å². The fourth-order valence-electron chi connectivity index (χ4n) is 1.10. The second kappa shape index (κ2) is 5.63. The average Bonchev–Trinajstić information content (AvgIpc) is 2.66. The van der Waals surface area contributed by atoms with Gasteiger partial charge in [0.15, 0.2) is 0 Å². The quantitative estimate of drug-likeness (QED) is 0.841. The first-order chi connectivity index (χ1) is 6.61. The van der Waals surface area contributed by atoms with Crippen molar-refractivity contribution in [1.82, 2.24) is 5.32 Å². The van der Waals surface area contributed by atoms with E-state index in [0.717, 1.165) is 6.54 Å². The molecule has 0 bridgehead atoms. The van der Waals surface area contributed by atoms with Crippen molar-refractivity contribution in [3.8, 4) is 0 Å². The summed E-state index contributed by atoms with van der Waals surface area (Å²) in [7, 11) is -0.733. The first-order valence-electron chi connectivity index (χ1n) is 4.70. The predicted octanol–water partition coefficient (Wildman–Crippen LogP) is 2.17. The minimum atomic E-state index is -0.733. The summed E-state index contributed by atoms with van der Waals surface area (Å²) in [5.74, 6) is 0. The summed E-state index contributed by atoms with van der Waals surface area (Å²) in [6, 6.07) is 4.54. The summed E-state index contributed by atoms with van der Waals surface area (Å²) in [5.41, 5.74) is 0. The standard InChI is InChI=1S/C10H17NOS2/c1-8(14(3)12)7-11-9(2)10-5-4-6-13-10/h4-6,8-9,11H,7H2,1-3H3. The molecule has 1 N–H and O–H groups in total. The molecule has 0 saturated heterocycles. The zero-order valence-electron chi connectivity index (χ0n) is 8.82. The van der Waals surface area contributed by atoms with Gasteiger partial charge in [-0.05, 0) is 25.3 Å². The van der Waals surface area contributed by atoms with E-state index in [2.05, 4.69) is 29.8 Å².